The van der Waals surface area contributed by atoms with E-state index in [-0.39, 0.29) is 5.97 Å². The summed E-state index contributed by atoms with van der Waals surface area (Å²) in [6.45, 7) is 7.46. The third-order valence-electron chi connectivity index (χ3n) is 4.14. The molecule has 0 unspecified atom stereocenters. The number of carboxylic acids is 1. The summed E-state index contributed by atoms with van der Waals surface area (Å²) in [6, 6.07) is 1.05. The van der Waals surface area contributed by atoms with Crippen molar-refractivity contribution in [3.63, 3.8) is 0 Å². The summed E-state index contributed by atoms with van der Waals surface area (Å²) in [5, 5.41) is 8.54. The zero-order valence-corrected chi connectivity index (χ0v) is 17.1. The van der Waals surface area contributed by atoms with Crippen LogP contribution in [0.4, 0.5) is 0 Å². The maximum Gasteiger partial charge on any atom is 0.305 e. The highest BCUT2D eigenvalue weighted by Crippen LogP contribution is 2.13. The third-order valence-corrected chi connectivity index (χ3v) is 5.84. The lowest BCUT2D eigenvalue weighted by atomic mass is 10.1. The molecule has 0 aromatic carbocycles. The summed E-state index contributed by atoms with van der Waals surface area (Å²) >= 11 is 0. The summed E-state index contributed by atoms with van der Waals surface area (Å²) in [5.74, 6) is -0.718. The van der Waals surface area contributed by atoms with Crippen LogP contribution in [0, 0.1) is 0 Å². The monoisotopic (exact) mass is 358 g/mol. The topological polar surface area (TPSA) is 63.6 Å². The minimum atomic E-state index is -1.10. The van der Waals surface area contributed by atoms with Gasteiger partial charge in [0.05, 0.1) is 6.61 Å². The second kappa shape index (κ2) is 14.5. The smallest absolute Gasteiger partial charge is 0.305 e. The molecule has 0 aliphatic heterocycles. The zero-order chi connectivity index (χ0) is 18.3. The highest BCUT2D eigenvalue weighted by Gasteiger charge is 2.13. The number of carbonyl (C=O) groups is 2. The van der Waals surface area contributed by atoms with Crippen LogP contribution in [0.15, 0.2) is 0 Å². The fourth-order valence-corrected chi connectivity index (χ4v) is 3.22. The second-order valence-corrected chi connectivity index (χ2v) is 13.6. The van der Waals surface area contributed by atoms with Crippen LogP contribution in [0.3, 0.4) is 0 Å². The van der Waals surface area contributed by atoms with Gasteiger partial charge in [-0.2, -0.15) is 0 Å². The molecule has 0 aromatic heterocycles. The number of carbonyl (C=O) groups excluding carboxylic acids is 1. The Hall–Kier alpha value is -0.843. The van der Waals surface area contributed by atoms with Crippen molar-refractivity contribution in [3.05, 3.63) is 0 Å². The van der Waals surface area contributed by atoms with Gasteiger partial charge in [0.15, 0.2) is 0 Å². The molecule has 0 amide bonds. The van der Waals surface area contributed by atoms with Crippen LogP contribution in [-0.2, 0) is 14.3 Å². The average Bonchev–Trinajstić information content (AvgIpc) is 2.46. The molecule has 0 rings (SSSR count). The van der Waals surface area contributed by atoms with E-state index < -0.39 is 14.0 Å². The summed E-state index contributed by atoms with van der Waals surface area (Å²) in [7, 11) is -1.10. The predicted octanol–water partition coefficient (Wildman–Crippen LogP) is 5.63. The Labute approximate surface area is 149 Å². The Balaban J connectivity index is 3.22. The molecular formula is C19H38O4Si. The van der Waals surface area contributed by atoms with Gasteiger partial charge in [0, 0.05) is 20.9 Å². The van der Waals surface area contributed by atoms with Crippen molar-refractivity contribution < 1.29 is 19.4 Å². The van der Waals surface area contributed by atoms with Crippen LogP contribution in [0.25, 0.3) is 0 Å². The fourth-order valence-electron chi connectivity index (χ4n) is 2.50. The molecule has 0 spiro atoms. The molecular weight excluding hydrogens is 320 g/mol. The summed E-state index contributed by atoms with van der Waals surface area (Å²) < 4.78 is 5.28. The van der Waals surface area contributed by atoms with E-state index in [2.05, 4.69) is 19.6 Å². The highest BCUT2D eigenvalue weighted by atomic mass is 28.3. The van der Waals surface area contributed by atoms with Gasteiger partial charge in [-0.25, -0.2) is 0 Å². The SMILES string of the molecule is C[Si](C)(C)CCOC(=O)CCCCCCCCCCCCC(=O)O. The van der Waals surface area contributed by atoms with Crippen LogP contribution in [0.1, 0.15) is 77.0 Å². The van der Waals surface area contributed by atoms with Crippen LogP contribution in [-0.4, -0.2) is 31.7 Å². The van der Waals surface area contributed by atoms with Crippen molar-refractivity contribution in [2.75, 3.05) is 6.61 Å². The average molecular weight is 359 g/mol. The highest BCUT2D eigenvalue weighted by molar-refractivity contribution is 6.76. The van der Waals surface area contributed by atoms with Gasteiger partial charge in [0.2, 0.25) is 0 Å². The summed E-state index contributed by atoms with van der Waals surface area (Å²) in [4.78, 5) is 22.0. The molecule has 0 saturated heterocycles. The van der Waals surface area contributed by atoms with Crippen molar-refractivity contribution in [2.45, 2.75) is 103 Å². The van der Waals surface area contributed by atoms with Gasteiger partial charge in [0.1, 0.15) is 0 Å². The number of unbranched alkanes of at least 4 members (excludes halogenated alkanes) is 9. The molecule has 0 radical (unpaired) electrons. The number of hydrogen-bond donors (Lipinski definition) is 1. The maximum atomic E-state index is 11.6. The fraction of sp³-hybridized carbons (Fsp3) is 0.895. The Morgan fingerprint density at radius 1 is 0.750 bits per heavy atom. The van der Waals surface area contributed by atoms with Gasteiger partial charge in [-0.1, -0.05) is 71.0 Å². The number of aliphatic carboxylic acids is 1. The van der Waals surface area contributed by atoms with Crippen molar-refractivity contribution in [3.8, 4) is 0 Å². The molecule has 0 aliphatic rings. The first-order chi connectivity index (χ1) is 11.3. The Bertz CT molecular complexity index is 337. The molecule has 5 heteroatoms. The van der Waals surface area contributed by atoms with Crippen LogP contribution in [0.5, 0.6) is 0 Å². The first kappa shape index (κ1) is 23.2. The molecule has 0 heterocycles. The van der Waals surface area contributed by atoms with Gasteiger partial charge < -0.3 is 9.84 Å². The van der Waals surface area contributed by atoms with Crippen molar-refractivity contribution in [2.24, 2.45) is 0 Å². The molecule has 4 nitrogen and oxygen atoms in total. The Morgan fingerprint density at radius 3 is 1.58 bits per heavy atom. The number of rotatable bonds is 16. The van der Waals surface area contributed by atoms with Gasteiger partial charge in [-0.05, 0) is 18.9 Å². The summed E-state index contributed by atoms with van der Waals surface area (Å²) in [5.41, 5.74) is 0. The normalized spacial score (nSPS) is 11.5. The van der Waals surface area contributed by atoms with E-state index in [1.54, 1.807) is 0 Å². The largest absolute Gasteiger partial charge is 0.481 e. The van der Waals surface area contributed by atoms with Crippen molar-refractivity contribution >= 4 is 20.0 Å². The van der Waals surface area contributed by atoms with E-state index in [9.17, 15) is 9.59 Å². The Kier molecular flexibility index (Phi) is 14.0. The van der Waals surface area contributed by atoms with E-state index >= 15 is 0 Å². The molecule has 24 heavy (non-hydrogen) atoms. The first-order valence-electron chi connectivity index (χ1n) is 9.69. The van der Waals surface area contributed by atoms with Crippen molar-refractivity contribution in [1.82, 2.24) is 0 Å². The lowest BCUT2D eigenvalue weighted by Crippen LogP contribution is -2.22. The van der Waals surface area contributed by atoms with E-state index in [0.29, 0.717) is 19.4 Å². The van der Waals surface area contributed by atoms with Crippen LogP contribution < -0.4 is 0 Å². The van der Waals surface area contributed by atoms with E-state index in [1.165, 1.54) is 32.1 Å². The molecule has 0 aromatic rings. The zero-order valence-electron chi connectivity index (χ0n) is 16.1. The summed E-state index contributed by atoms with van der Waals surface area (Å²) in [6.07, 6.45) is 12.1. The first-order valence-corrected chi connectivity index (χ1v) is 13.4. The van der Waals surface area contributed by atoms with E-state index in [0.717, 1.165) is 38.1 Å². The van der Waals surface area contributed by atoms with Gasteiger partial charge >= 0.3 is 11.9 Å². The quantitative estimate of drug-likeness (QED) is 0.220. The van der Waals surface area contributed by atoms with Gasteiger partial charge in [0.25, 0.3) is 0 Å². The number of hydrogen-bond acceptors (Lipinski definition) is 3. The third kappa shape index (κ3) is 19.2. The maximum absolute atomic E-state index is 11.6. The van der Waals surface area contributed by atoms with Crippen LogP contribution >= 0.6 is 0 Å². The number of esters is 1. The minimum Gasteiger partial charge on any atom is -0.481 e. The molecule has 1 N–H and O–H groups in total. The molecule has 0 saturated carbocycles. The van der Waals surface area contributed by atoms with E-state index in [1.807, 2.05) is 0 Å². The number of carboxylic acid groups (broad SMARTS) is 1. The van der Waals surface area contributed by atoms with Gasteiger partial charge in [-0.3, -0.25) is 9.59 Å². The molecule has 0 atom stereocenters. The van der Waals surface area contributed by atoms with Crippen LogP contribution in [0.2, 0.25) is 25.7 Å². The van der Waals surface area contributed by atoms with E-state index in [4.69, 9.17) is 9.84 Å². The lowest BCUT2D eigenvalue weighted by molar-refractivity contribution is -0.143. The minimum absolute atomic E-state index is 0.0328. The van der Waals surface area contributed by atoms with Gasteiger partial charge in [-0.15, -0.1) is 0 Å². The number of ether oxygens (including phenoxy) is 1. The lowest BCUT2D eigenvalue weighted by Gasteiger charge is -2.15. The Morgan fingerprint density at radius 2 is 1.17 bits per heavy atom. The molecule has 0 fully saturated rings. The molecule has 0 aliphatic carbocycles. The predicted molar refractivity (Wildman–Crippen MR) is 102 cm³/mol. The molecule has 142 valence electrons. The second-order valence-electron chi connectivity index (χ2n) is 7.96. The standard InChI is InChI=1S/C19H38O4Si/c1-24(2,3)17-16-23-19(22)15-13-11-9-7-5-4-6-8-10-12-14-18(20)21/h4-17H2,1-3H3,(H,20,21). The van der Waals surface area contributed by atoms with Crippen molar-refractivity contribution in [1.29, 1.82) is 0 Å². The molecule has 0 bridgehead atoms.